The van der Waals surface area contributed by atoms with Crippen molar-refractivity contribution in [2.45, 2.75) is 32.7 Å². The van der Waals surface area contributed by atoms with Crippen molar-refractivity contribution >= 4 is 44.3 Å². The molecule has 35 heavy (non-hydrogen) atoms. The van der Waals surface area contributed by atoms with E-state index < -0.39 is 0 Å². The van der Waals surface area contributed by atoms with Crippen LogP contribution >= 0.6 is 0 Å². The minimum atomic E-state index is -0.0955. The van der Waals surface area contributed by atoms with Gasteiger partial charge in [-0.25, -0.2) is 0 Å². The molecule has 0 spiro atoms. The number of nitrogens with zero attached hydrogens (tertiary/aromatic N) is 1. The molecule has 5 rings (SSSR count). The van der Waals surface area contributed by atoms with E-state index in [0.717, 1.165) is 16.9 Å². The van der Waals surface area contributed by atoms with Gasteiger partial charge < -0.3 is 16.0 Å². The molecule has 3 nitrogen and oxygen atoms in total. The van der Waals surface area contributed by atoms with Gasteiger partial charge in [0.1, 0.15) is 0 Å². The van der Waals surface area contributed by atoms with E-state index in [-0.39, 0.29) is 6.04 Å². The van der Waals surface area contributed by atoms with Crippen LogP contribution in [0.5, 0.6) is 0 Å². The first kappa shape index (κ1) is 22.9. The molecule has 0 aromatic heterocycles. The summed E-state index contributed by atoms with van der Waals surface area (Å²) in [6.45, 7) is 6.55. The molecule has 3 heteroatoms. The summed E-state index contributed by atoms with van der Waals surface area (Å²) in [6.07, 6.45) is 0. The highest BCUT2D eigenvalue weighted by Crippen LogP contribution is 2.41. The Labute approximate surface area is 208 Å². The Morgan fingerprint density at radius 3 is 1.91 bits per heavy atom. The highest BCUT2D eigenvalue weighted by Gasteiger charge is 2.19. The fourth-order valence-corrected chi connectivity index (χ4v) is 4.97. The monoisotopic (exact) mass is 459 g/mol. The molecule has 0 aliphatic rings. The maximum absolute atomic E-state index is 6.51. The van der Waals surface area contributed by atoms with Crippen LogP contribution < -0.4 is 16.0 Å². The molecule has 0 heterocycles. The lowest BCUT2D eigenvalue weighted by atomic mass is 9.93. The van der Waals surface area contributed by atoms with Crippen LogP contribution in [0, 0.1) is 0 Å². The Morgan fingerprint density at radius 1 is 0.629 bits per heavy atom. The number of hydrogen-bond donors (Lipinski definition) is 2. The van der Waals surface area contributed by atoms with E-state index >= 15 is 0 Å². The van der Waals surface area contributed by atoms with Gasteiger partial charge in [-0.1, -0.05) is 86.6 Å². The second-order valence-corrected chi connectivity index (χ2v) is 9.65. The van der Waals surface area contributed by atoms with E-state index in [9.17, 15) is 0 Å². The van der Waals surface area contributed by atoms with Crippen LogP contribution in [-0.4, -0.2) is 7.05 Å². The summed E-state index contributed by atoms with van der Waals surface area (Å²) >= 11 is 0. The normalized spacial score (nSPS) is 12.3. The third-order valence-electron chi connectivity index (χ3n) is 6.86. The van der Waals surface area contributed by atoms with Gasteiger partial charge in [0, 0.05) is 46.6 Å². The molecule has 0 saturated heterocycles. The summed E-state index contributed by atoms with van der Waals surface area (Å²) in [7, 11) is 2.16. The van der Waals surface area contributed by atoms with Crippen LogP contribution in [-0.2, 0) is 0 Å². The van der Waals surface area contributed by atoms with Gasteiger partial charge in [0.05, 0.1) is 0 Å². The van der Waals surface area contributed by atoms with Crippen LogP contribution in [0.4, 0.5) is 22.7 Å². The predicted molar refractivity (Wildman–Crippen MR) is 152 cm³/mol. The standard InChI is InChI=1S/C32H33N3/c1-21(2)27-19-28(22(3)33)30(34-29-17-9-13-23-11-5-7-15-25(23)29)20-32(27)35(4)31-18-10-14-24-12-6-8-16-26(24)31/h5-22,34H,33H2,1-4H3. The molecule has 176 valence electrons. The molecule has 3 N–H and O–H groups in total. The van der Waals surface area contributed by atoms with Crippen LogP contribution in [0.15, 0.2) is 97.1 Å². The first-order chi connectivity index (χ1) is 16.9. The maximum atomic E-state index is 6.51. The zero-order valence-corrected chi connectivity index (χ0v) is 20.9. The SMILES string of the molecule is CC(C)c1cc(C(C)N)c(Nc2cccc3ccccc23)cc1N(C)c1cccc2ccccc12. The van der Waals surface area contributed by atoms with Gasteiger partial charge in [-0.15, -0.1) is 0 Å². The first-order valence-electron chi connectivity index (χ1n) is 12.3. The van der Waals surface area contributed by atoms with Gasteiger partial charge in [0.2, 0.25) is 0 Å². The van der Waals surface area contributed by atoms with E-state index in [1.165, 1.54) is 38.5 Å². The van der Waals surface area contributed by atoms with Gasteiger partial charge in [0.15, 0.2) is 0 Å². The van der Waals surface area contributed by atoms with Gasteiger partial charge in [0.25, 0.3) is 0 Å². The van der Waals surface area contributed by atoms with E-state index in [0.29, 0.717) is 5.92 Å². The van der Waals surface area contributed by atoms with Crippen LogP contribution in [0.1, 0.15) is 43.9 Å². The van der Waals surface area contributed by atoms with Crippen LogP contribution in [0.3, 0.4) is 0 Å². The smallest absolute Gasteiger partial charge is 0.0487 e. The van der Waals surface area contributed by atoms with Crippen molar-refractivity contribution in [3.8, 4) is 0 Å². The fourth-order valence-electron chi connectivity index (χ4n) is 4.97. The zero-order chi connectivity index (χ0) is 24.5. The molecule has 0 saturated carbocycles. The summed E-state index contributed by atoms with van der Waals surface area (Å²) in [5, 5.41) is 8.63. The minimum Gasteiger partial charge on any atom is -0.355 e. The molecule has 5 aromatic rings. The average Bonchev–Trinajstić information content (AvgIpc) is 2.87. The molecular formula is C32H33N3. The van der Waals surface area contributed by atoms with E-state index in [2.05, 4.69) is 135 Å². The number of nitrogens with two attached hydrogens (primary N) is 1. The van der Waals surface area contributed by atoms with Crippen molar-refractivity contribution in [3.63, 3.8) is 0 Å². The van der Waals surface area contributed by atoms with E-state index in [4.69, 9.17) is 5.73 Å². The molecular weight excluding hydrogens is 426 g/mol. The second kappa shape index (κ2) is 9.44. The van der Waals surface area contributed by atoms with E-state index in [1.807, 2.05) is 0 Å². The summed E-state index contributed by atoms with van der Waals surface area (Å²) in [5.74, 6) is 0.353. The molecule has 0 aliphatic heterocycles. The highest BCUT2D eigenvalue weighted by atomic mass is 15.1. The Kier molecular flexibility index (Phi) is 6.19. The summed E-state index contributed by atoms with van der Waals surface area (Å²) in [6, 6.07) is 34.4. The minimum absolute atomic E-state index is 0.0955. The van der Waals surface area contributed by atoms with Crippen molar-refractivity contribution < 1.29 is 0 Å². The van der Waals surface area contributed by atoms with Crippen molar-refractivity contribution in [3.05, 3.63) is 108 Å². The van der Waals surface area contributed by atoms with Crippen LogP contribution in [0.2, 0.25) is 0 Å². The molecule has 0 fully saturated rings. The molecule has 0 radical (unpaired) electrons. The fraction of sp³-hybridized carbons (Fsp3) is 0.188. The van der Waals surface area contributed by atoms with Crippen molar-refractivity contribution in [2.75, 3.05) is 17.3 Å². The zero-order valence-electron chi connectivity index (χ0n) is 20.9. The summed E-state index contributed by atoms with van der Waals surface area (Å²) < 4.78 is 0. The number of rotatable bonds is 6. The second-order valence-electron chi connectivity index (χ2n) is 9.65. The number of nitrogens with one attached hydrogen (secondary N) is 1. The first-order valence-corrected chi connectivity index (χ1v) is 12.3. The average molecular weight is 460 g/mol. The van der Waals surface area contributed by atoms with Gasteiger partial charge in [-0.3, -0.25) is 0 Å². The number of fused-ring (bicyclic) bond motifs is 2. The molecule has 0 aliphatic carbocycles. The molecule has 0 bridgehead atoms. The molecule has 1 unspecified atom stereocenters. The van der Waals surface area contributed by atoms with Gasteiger partial charge in [-0.2, -0.15) is 0 Å². The Bertz CT molecular complexity index is 1490. The van der Waals surface area contributed by atoms with Crippen LogP contribution in [0.25, 0.3) is 21.5 Å². The third-order valence-corrected chi connectivity index (χ3v) is 6.86. The lowest BCUT2D eigenvalue weighted by molar-refractivity contribution is 0.804. The largest absolute Gasteiger partial charge is 0.355 e. The van der Waals surface area contributed by atoms with Crippen molar-refractivity contribution in [2.24, 2.45) is 5.73 Å². The third kappa shape index (κ3) is 4.36. The highest BCUT2D eigenvalue weighted by molar-refractivity contribution is 5.98. The Morgan fingerprint density at radius 2 is 1.23 bits per heavy atom. The van der Waals surface area contributed by atoms with E-state index in [1.54, 1.807) is 0 Å². The lowest BCUT2D eigenvalue weighted by Gasteiger charge is -2.28. The maximum Gasteiger partial charge on any atom is 0.0487 e. The lowest BCUT2D eigenvalue weighted by Crippen LogP contribution is -2.16. The molecule has 0 amide bonds. The van der Waals surface area contributed by atoms with Crippen molar-refractivity contribution in [1.82, 2.24) is 0 Å². The number of hydrogen-bond acceptors (Lipinski definition) is 3. The summed E-state index contributed by atoms with van der Waals surface area (Å²) in [5.41, 5.74) is 13.4. The Balaban J connectivity index is 1.68. The molecule has 1 atom stereocenters. The summed E-state index contributed by atoms with van der Waals surface area (Å²) in [4.78, 5) is 2.32. The molecule has 5 aromatic carbocycles. The Hall–Kier alpha value is -3.82. The topological polar surface area (TPSA) is 41.3 Å². The predicted octanol–water partition coefficient (Wildman–Crippen LogP) is 8.65. The van der Waals surface area contributed by atoms with Gasteiger partial charge >= 0.3 is 0 Å². The van der Waals surface area contributed by atoms with Gasteiger partial charge in [-0.05, 0) is 59.0 Å². The number of anilines is 4. The quantitative estimate of drug-likeness (QED) is 0.267. The number of benzene rings is 5. The van der Waals surface area contributed by atoms with Crippen molar-refractivity contribution in [1.29, 1.82) is 0 Å².